The van der Waals surface area contributed by atoms with Crippen LogP contribution in [0, 0.1) is 23.2 Å². The summed E-state index contributed by atoms with van der Waals surface area (Å²) in [6.07, 6.45) is 5.88. The number of Topliss-reactive ketones (excluding diaryl/α,β-unsaturated/α-hetero) is 1. The third-order valence-electron chi connectivity index (χ3n) is 7.33. The zero-order chi connectivity index (χ0) is 20.2. The van der Waals surface area contributed by atoms with Crippen LogP contribution in [0.15, 0.2) is 29.1 Å². The van der Waals surface area contributed by atoms with Gasteiger partial charge >= 0.3 is 5.97 Å². The number of esters is 1. The first kappa shape index (κ1) is 18.5. The number of hydrogen-bond donors (Lipinski definition) is 1. The Morgan fingerprint density at radius 2 is 1.69 bits per heavy atom. The summed E-state index contributed by atoms with van der Waals surface area (Å²) in [6, 6.07) is 7.04. The number of ether oxygens (including phenoxy) is 1. The van der Waals surface area contributed by atoms with Gasteiger partial charge in [0, 0.05) is 10.8 Å². The molecule has 0 spiro atoms. The van der Waals surface area contributed by atoms with E-state index in [9.17, 15) is 14.4 Å². The smallest absolute Gasteiger partial charge is 0.312 e. The molecule has 1 aromatic carbocycles. The Balaban J connectivity index is 1.30. The Kier molecular flexibility index (Phi) is 4.33. The molecule has 4 bridgehead atoms. The van der Waals surface area contributed by atoms with E-state index in [1.807, 2.05) is 0 Å². The minimum atomic E-state index is -0.743. The van der Waals surface area contributed by atoms with Crippen molar-refractivity contribution in [2.45, 2.75) is 58.0 Å². The highest BCUT2D eigenvalue weighted by atomic mass is 16.5. The van der Waals surface area contributed by atoms with Crippen LogP contribution in [0.2, 0.25) is 0 Å². The van der Waals surface area contributed by atoms with Crippen molar-refractivity contribution in [1.82, 2.24) is 10.2 Å². The van der Waals surface area contributed by atoms with E-state index in [1.54, 1.807) is 31.2 Å². The first-order valence-corrected chi connectivity index (χ1v) is 10.6. The second-order valence-electron chi connectivity index (χ2n) is 9.42. The van der Waals surface area contributed by atoms with E-state index in [4.69, 9.17) is 4.74 Å². The topological polar surface area (TPSA) is 89.1 Å². The molecule has 6 heteroatoms. The fourth-order valence-electron chi connectivity index (χ4n) is 6.58. The van der Waals surface area contributed by atoms with Gasteiger partial charge in [-0.15, -0.1) is 0 Å². The van der Waals surface area contributed by atoms with Gasteiger partial charge in [0.05, 0.1) is 17.5 Å². The molecule has 0 radical (unpaired) electrons. The second kappa shape index (κ2) is 6.78. The van der Waals surface area contributed by atoms with Crippen molar-refractivity contribution in [3.05, 3.63) is 40.3 Å². The van der Waals surface area contributed by atoms with Crippen LogP contribution in [-0.4, -0.2) is 28.1 Å². The van der Waals surface area contributed by atoms with E-state index in [-0.39, 0.29) is 23.2 Å². The Labute approximate surface area is 169 Å². The minimum Gasteiger partial charge on any atom is -0.454 e. The third kappa shape index (κ3) is 3.18. The van der Waals surface area contributed by atoms with E-state index in [2.05, 4.69) is 10.2 Å². The van der Waals surface area contributed by atoms with Gasteiger partial charge in [-0.1, -0.05) is 18.2 Å². The quantitative estimate of drug-likeness (QED) is 0.787. The van der Waals surface area contributed by atoms with Crippen molar-refractivity contribution >= 4 is 22.5 Å². The molecular weight excluding hydrogens is 368 g/mol. The van der Waals surface area contributed by atoms with Crippen molar-refractivity contribution < 1.29 is 14.3 Å². The van der Waals surface area contributed by atoms with Crippen molar-refractivity contribution in [2.24, 2.45) is 23.2 Å². The van der Waals surface area contributed by atoms with Gasteiger partial charge in [-0.3, -0.25) is 14.4 Å². The fraction of sp³-hybridized carbons (Fsp3) is 0.565. The number of nitrogens with zero attached hydrogens (tertiary/aromatic N) is 1. The first-order chi connectivity index (χ1) is 13.9. The molecule has 4 aliphatic rings. The van der Waals surface area contributed by atoms with Crippen molar-refractivity contribution in [2.75, 3.05) is 0 Å². The van der Waals surface area contributed by atoms with Crippen LogP contribution >= 0.6 is 0 Å². The molecule has 0 amide bonds. The van der Waals surface area contributed by atoms with Gasteiger partial charge in [0.2, 0.25) is 0 Å². The lowest BCUT2D eigenvalue weighted by molar-refractivity contribution is -0.164. The third-order valence-corrected chi connectivity index (χ3v) is 7.33. The molecule has 2 aromatic rings. The molecule has 1 N–H and O–H groups in total. The van der Waals surface area contributed by atoms with Crippen LogP contribution in [0.4, 0.5) is 0 Å². The monoisotopic (exact) mass is 394 g/mol. The van der Waals surface area contributed by atoms with Crippen LogP contribution in [0.25, 0.3) is 10.8 Å². The van der Waals surface area contributed by atoms with Crippen LogP contribution < -0.4 is 5.56 Å². The summed E-state index contributed by atoms with van der Waals surface area (Å²) >= 11 is 0. The predicted molar refractivity (Wildman–Crippen MR) is 107 cm³/mol. The average molecular weight is 394 g/mol. The normalized spacial score (nSPS) is 31.0. The summed E-state index contributed by atoms with van der Waals surface area (Å²) in [7, 11) is 0. The number of aromatic amines is 1. The molecule has 4 saturated carbocycles. The Morgan fingerprint density at radius 3 is 2.31 bits per heavy atom. The largest absolute Gasteiger partial charge is 0.454 e. The number of carbonyl (C=O) groups is 2. The maximum absolute atomic E-state index is 13.3. The van der Waals surface area contributed by atoms with E-state index >= 15 is 0 Å². The number of nitrogens with one attached hydrogen (secondary N) is 1. The van der Waals surface area contributed by atoms with Crippen LogP contribution in [0.5, 0.6) is 0 Å². The highest BCUT2D eigenvalue weighted by Gasteiger charge is 2.55. The molecule has 0 aliphatic heterocycles. The van der Waals surface area contributed by atoms with Crippen molar-refractivity contribution in [3.8, 4) is 0 Å². The Bertz CT molecular complexity index is 1010. The SMILES string of the molecule is C[C@@H](OC(=O)Cc1n[nH]c(=O)c2ccccc12)C(=O)C12CC3CC(CC(C3)C1)C2. The number of aromatic nitrogens is 2. The first-order valence-electron chi connectivity index (χ1n) is 10.6. The summed E-state index contributed by atoms with van der Waals surface area (Å²) in [4.78, 5) is 37.8. The zero-order valence-corrected chi connectivity index (χ0v) is 16.6. The summed E-state index contributed by atoms with van der Waals surface area (Å²) in [6.45, 7) is 1.71. The van der Waals surface area contributed by atoms with Gasteiger partial charge in [-0.25, -0.2) is 5.10 Å². The van der Waals surface area contributed by atoms with Crippen LogP contribution in [0.1, 0.15) is 51.1 Å². The molecule has 6 rings (SSSR count). The Morgan fingerprint density at radius 1 is 1.10 bits per heavy atom. The molecule has 0 saturated heterocycles. The molecular formula is C23H26N2O4. The van der Waals surface area contributed by atoms with Gasteiger partial charge in [-0.05, 0) is 69.3 Å². The molecule has 1 atom stereocenters. The molecule has 4 aliphatic carbocycles. The number of fused-ring (bicyclic) bond motifs is 1. The minimum absolute atomic E-state index is 0.0736. The maximum atomic E-state index is 13.3. The van der Waals surface area contributed by atoms with Gasteiger partial charge in [0.1, 0.15) is 0 Å². The summed E-state index contributed by atoms with van der Waals surface area (Å²) in [5.41, 5.74) is -0.111. The molecule has 4 fully saturated rings. The van der Waals surface area contributed by atoms with Gasteiger partial charge in [-0.2, -0.15) is 5.10 Å². The highest BCUT2D eigenvalue weighted by molar-refractivity contribution is 5.92. The van der Waals surface area contributed by atoms with Crippen molar-refractivity contribution in [3.63, 3.8) is 0 Å². The molecule has 0 unspecified atom stereocenters. The van der Waals surface area contributed by atoms with E-state index in [0.717, 1.165) is 19.3 Å². The zero-order valence-electron chi connectivity index (χ0n) is 16.6. The number of hydrogen-bond acceptors (Lipinski definition) is 5. The number of carbonyl (C=O) groups excluding carboxylic acids is 2. The number of benzene rings is 1. The lowest BCUT2D eigenvalue weighted by Gasteiger charge is -2.56. The molecule has 1 heterocycles. The van der Waals surface area contributed by atoms with E-state index in [0.29, 0.717) is 34.2 Å². The van der Waals surface area contributed by atoms with Crippen LogP contribution in [0.3, 0.4) is 0 Å². The standard InChI is InChI=1S/C23H26N2O4/c1-13(21(27)23-10-14-6-15(11-23)8-16(7-14)12-23)29-20(26)9-19-17-4-2-3-5-18(17)22(28)25-24-19/h2-5,13-16H,6-12H2,1H3,(H,25,28)/t13-,14?,15?,16?,23?/m1/s1. The second-order valence-corrected chi connectivity index (χ2v) is 9.42. The van der Waals surface area contributed by atoms with Gasteiger partial charge in [0.25, 0.3) is 5.56 Å². The van der Waals surface area contributed by atoms with Crippen molar-refractivity contribution in [1.29, 1.82) is 0 Å². The van der Waals surface area contributed by atoms with E-state index < -0.39 is 12.1 Å². The fourth-order valence-corrected chi connectivity index (χ4v) is 6.58. The highest BCUT2D eigenvalue weighted by Crippen LogP contribution is 2.60. The maximum Gasteiger partial charge on any atom is 0.312 e. The van der Waals surface area contributed by atoms with Gasteiger partial charge < -0.3 is 4.74 Å². The number of rotatable bonds is 5. The molecule has 1 aromatic heterocycles. The lowest BCUT2D eigenvalue weighted by atomic mass is 9.48. The van der Waals surface area contributed by atoms with Crippen LogP contribution in [-0.2, 0) is 20.7 Å². The summed E-state index contributed by atoms with van der Waals surface area (Å²) in [5.74, 6) is 1.63. The molecule has 6 nitrogen and oxygen atoms in total. The number of H-pyrrole nitrogens is 1. The van der Waals surface area contributed by atoms with E-state index in [1.165, 1.54) is 19.3 Å². The molecule has 152 valence electrons. The Hall–Kier alpha value is -2.50. The predicted octanol–water partition coefficient (Wildman–Crippen LogP) is 3.18. The lowest BCUT2D eigenvalue weighted by Crippen LogP contribution is -2.52. The van der Waals surface area contributed by atoms with Gasteiger partial charge in [0.15, 0.2) is 11.9 Å². The summed E-state index contributed by atoms with van der Waals surface area (Å²) < 4.78 is 5.56. The molecule has 29 heavy (non-hydrogen) atoms. The number of ketones is 1. The average Bonchev–Trinajstić information content (AvgIpc) is 2.68. The summed E-state index contributed by atoms with van der Waals surface area (Å²) in [5, 5.41) is 7.58.